The molecule has 6 heteroatoms. The van der Waals surface area contributed by atoms with E-state index < -0.39 is 0 Å². The van der Waals surface area contributed by atoms with Crippen molar-refractivity contribution in [1.82, 2.24) is 10.6 Å². The third kappa shape index (κ3) is 3.59. The Bertz CT molecular complexity index is 1040. The summed E-state index contributed by atoms with van der Waals surface area (Å²) >= 11 is 0. The van der Waals surface area contributed by atoms with Gasteiger partial charge in [-0.15, -0.1) is 0 Å². The number of carbonyl (C=O) groups is 1. The zero-order valence-electron chi connectivity index (χ0n) is 14.2. The van der Waals surface area contributed by atoms with Crippen LogP contribution in [0.15, 0.2) is 84.0 Å². The maximum atomic E-state index is 13.0. The van der Waals surface area contributed by atoms with Crippen LogP contribution in [0.3, 0.4) is 0 Å². The molecule has 1 amide bonds. The van der Waals surface area contributed by atoms with Gasteiger partial charge >= 0.3 is 5.22 Å². The van der Waals surface area contributed by atoms with Gasteiger partial charge in [0.25, 0.3) is 5.91 Å². The molecule has 4 rings (SSSR count). The molecular weight excluding hydrogens is 343 g/mol. The lowest BCUT2D eigenvalue weighted by atomic mass is 10.0. The van der Waals surface area contributed by atoms with E-state index in [0.29, 0.717) is 16.9 Å². The molecule has 1 heterocycles. The first-order chi connectivity index (χ1) is 13.2. The molecule has 131 valence electrons. The predicted molar refractivity (Wildman–Crippen MR) is 102 cm³/mol. The third-order valence-corrected chi connectivity index (χ3v) is 4.11. The minimum atomic E-state index is -0.352. The van der Waals surface area contributed by atoms with Crippen LogP contribution in [0.25, 0.3) is 11.4 Å². The number of benzene rings is 3. The molecule has 27 heavy (non-hydrogen) atoms. The Hall–Kier alpha value is -3.80. The first kappa shape index (κ1) is 16.7. The molecule has 0 bridgehead atoms. The number of rotatable bonds is 4. The lowest BCUT2D eigenvalue weighted by Gasteiger charge is -2.07. The fourth-order valence-corrected chi connectivity index (χ4v) is 2.78. The fourth-order valence-electron chi connectivity index (χ4n) is 2.78. The van der Waals surface area contributed by atoms with Gasteiger partial charge in [0.05, 0.1) is 0 Å². The topological polar surface area (TPSA) is 67.6 Å². The van der Waals surface area contributed by atoms with E-state index in [1.54, 1.807) is 18.2 Å². The van der Waals surface area contributed by atoms with E-state index >= 15 is 0 Å². The molecule has 1 aliphatic rings. The van der Waals surface area contributed by atoms with Gasteiger partial charge in [-0.2, -0.15) is 0 Å². The molecule has 0 aliphatic carbocycles. The summed E-state index contributed by atoms with van der Waals surface area (Å²) in [5, 5.41) is 10.8. The highest BCUT2D eigenvalue weighted by Crippen LogP contribution is 2.28. The Labute approximate surface area is 155 Å². The SMILES string of the molecule is O=C(Nc1ccc(F)cc1)c1cccc(C2=C(c3ccccc3)N=[N+]N2)c1. The van der Waals surface area contributed by atoms with E-state index in [4.69, 9.17) is 0 Å². The summed E-state index contributed by atoms with van der Waals surface area (Å²) in [6.07, 6.45) is 0. The summed E-state index contributed by atoms with van der Waals surface area (Å²) in [4.78, 5) is 12.5. The number of anilines is 1. The van der Waals surface area contributed by atoms with Gasteiger partial charge in [-0.1, -0.05) is 47.9 Å². The average molecular weight is 358 g/mol. The van der Waals surface area contributed by atoms with Gasteiger partial charge in [-0.25, -0.2) is 4.39 Å². The molecule has 0 aromatic heterocycles. The highest BCUT2D eigenvalue weighted by molar-refractivity contribution is 6.05. The van der Waals surface area contributed by atoms with Crippen LogP contribution in [0.2, 0.25) is 0 Å². The van der Waals surface area contributed by atoms with E-state index in [1.165, 1.54) is 24.3 Å². The van der Waals surface area contributed by atoms with Gasteiger partial charge in [0.15, 0.2) is 5.70 Å². The molecular formula is C21H15FN4O+. The zero-order valence-corrected chi connectivity index (χ0v) is 14.2. The molecule has 2 N–H and O–H groups in total. The van der Waals surface area contributed by atoms with Crippen molar-refractivity contribution in [2.75, 3.05) is 5.32 Å². The van der Waals surface area contributed by atoms with Crippen molar-refractivity contribution >= 4 is 23.0 Å². The average Bonchev–Trinajstić information content (AvgIpc) is 3.20. The molecule has 1 aliphatic heterocycles. The van der Waals surface area contributed by atoms with Crippen LogP contribution in [0.1, 0.15) is 21.5 Å². The van der Waals surface area contributed by atoms with Crippen LogP contribution in [0, 0.1) is 5.82 Å². The first-order valence-electron chi connectivity index (χ1n) is 8.34. The molecule has 5 nitrogen and oxygen atoms in total. The molecule has 0 unspecified atom stereocenters. The summed E-state index contributed by atoms with van der Waals surface area (Å²) in [5.74, 6) is -0.632. The summed E-state index contributed by atoms with van der Waals surface area (Å²) in [5.41, 5.74) is 7.09. The zero-order chi connectivity index (χ0) is 18.6. The summed E-state index contributed by atoms with van der Waals surface area (Å²) in [7, 11) is 0. The molecule has 0 saturated heterocycles. The molecule has 0 atom stereocenters. The first-order valence-corrected chi connectivity index (χ1v) is 8.34. The number of carbonyl (C=O) groups excluding carboxylic acids is 1. The second-order valence-electron chi connectivity index (χ2n) is 5.94. The van der Waals surface area contributed by atoms with Crippen molar-refractivity contribution in [2.24, 2.45) is 5.11 Å². The molecule has 0 fully saturated rings. The monoisotopic (exact) mass is 358 g/mol. The van der Waals surface area contributed by atoms with Crippen LogP contribution in [0.5, 0.6) is 0 Å². The lowest BCUT2D eigenvalue weighted by Crippen LogP contribution is -2.13. The van der Waals surface area contributed by atoms with Crippen LogP contribution in [-0.2, 0) is 0 Å². The van der Waals surface area contributed by atoms with Crippen LogP contribution in [0.4, 0.5) is 10.1 Å². The van der Waals surface area contributed by atoms with Gasteiger partial charge in [-0.05, 0) is 36.4 Å². The maximum absolute atomic E-state index is 13.0. The summed E-state index contributed by atoms with van der Waals surface area (Å²) in [6.45, 7) is 0. The third-order valence-electron chi connectivity index (χ3n) is 4.11. The molecule has 3 aromatic rings. The van der Waals surface area contributed by atoms with Gasteiger partial charge in [-0.3, -0.25) is 4.79 Å². The highest BCUT2D eigenvalue weighted by Gasteiger charge is 2.25. The molecule has 0 saturated carbocycles. The lowest BCUT2D eigenvalue weighted by molar-refractivity contribution is 0.102. The maximum Gasteiger partial charge on any atom is 0.331 e. The van der Waals surface area contributed by atoms with Gasteiger partial charge in [0, 0.05) is 22.4 Å². The molecule has 3 aromatic carbocycles. The van der Waals surface area contributed by atoms with Crippen LogP contribution < -0.4 is 16.0 Å². The number of nitrogens with one attached hydrogen (secondary N) is 2. The number of hydrogen-bond acceptors (Lipinski definition) is 4. The van der Waals surface area contributed by atoms with Crippen LogP contribution in [-0.4, -0.2) is 5.91 Å². The van der Waals surface area contributed by atoms with Crippen molar-refractivity contribution in [3.05, 3.63) is 101 Å². The van der Waals surface area contributed by atoms with Gasteiger partial charge < -0.3 is 5.32 Å². The minimum absolute atomic E-state index is 0.280. The smallest absolute Gasteiger partial charge is 0.322 e. The normalized spacial score (nSPS) is 12.8. The Morgan fingerprint density at radius 3 is 2.44 bits per heavy atom. The Kier molecular flexibility index (Phi) is 4.45. The van der Waals surface area contributed by atoms with Crippen molar-refractivity contribution in [1.29, 1.82) is 0 Å². The Morgan fingerprint density at radius 2 is 1.67 bits per heavy atom. The predicted octanol–water partition coefficient (Wildman–Crippen LogP) is 4.21. The van der Waals surface area contributed by atoms with Crippen molar-refractivity contribution in [3.63, 3.8) is 0 Å². The number of halogens is 1. The van der Waals surface area contributed by atoms with Crippen LogP contribution >= 0.6 is 0 Å². The number of nitrogens with zero attached hydrogens (tertiary/aromatic N) is 2. The van der Waals surface area contributed by atoms with Gasteiger partial charge in [0.2, 0.25) is 0 Å². The fraction of sp³-hybridized carbons (Fsp3) is 0. The Morgan fingerprint density at radius 1 is 0.926 bits per heavy atom. The van der Waals surface area contributed by atoms with E-state index in [9.17, 15) is 9.18 Å². The highest BCUT2D eigenvalue weighted by atomic mass is 19.1. The van der Waals surface area contributed by atoms with E-state index in [-0.39, 0.29) is 11.7 Å². The quantitative estimate of drug-likeness (QED) is 0.734. The van der Waals surface area contributed by atoms with Crippen molar-refractivity contribution in [3.8, 4) is 0 Å². The summed E-state index contributed by atoms with van der Waals surface area (Å²) < 4.78 is 13.0. The molecule has 0 spiro atoms. The second kappa shape index (κ2) is 7.21. The van der Waals surface area contributed by atoms with Crippen molar-refractivity contribution in [2.45, 2.75) is 0 Å². The summed E-state index contributed by atoms with van der Waals surface area (Å²) in [6, 6.07) is 22.5. The number of hydrogen-bond donors (Lipinski definition) is 2. The Balaban J connectivity index is 1.62. The standard InChI is InChI=1S/C21H15FN4O/c22-17-9-11-18(12-10-17)23-21(27)16-8-4-7-15(13-16)20-19(24-26-25-20)14-5-2-1-3-6-14/h1-13H,(H,23,27)(H,24,25)/q+1. The van der Waals surface area contributed by atoms with E-state index in [2.05, 4.69) is 21.1 Å². The van der Waals surface area contributed by atoms with Gasteiger partial charge in [0.1, 0.15) is 16.6 Å². The number of amides is 1. The van der Waals surface area contributed by atoms with E-state index in [1.807, 2.05) is 36.4 Å². The van der Waals surface area contributed by atoms with E-state index in [0.717, 1.165) is 16.8 Å². The minimum Gasteiger partial charge on any atom is -0.322 e. The van der Waals surface area contributed by atoms with Crippen molar-refractivity contribution < 1.29 is 9.18 Å². The second-order valence-corrected chi connectivity index (χ2v) is 5.94. The largest absolute Gasteiger partial charge is 0.331 e. The molecule has 1 radical (unpaired) electrons.